The second-order valence-electron chi connectivity index (χ2n) is 3.42. The summed E-state index contributed by atoms with van der Waals surface area (Å²) in [6, 6.07) is 13.6. The molecule has 16 heavy (non-hydrogen) atoms. The van der Waals surface area contributed by atoms with Crippen LogP contribution in [0.1, 0.15) is 5.56 Å². The summed E-state index contributed by atoms with van der Waals surface area (Å²) in [7, 11) is 0. The summed E-state index contributed by atoms with van der Waals surface area (Å²) < 4.78 is 5.43. The fraction of sp³-hybridized carbons (Fsp3) is 0.0769. The predicted molar refractivity (Wildman–Crippen MR) is 60.5 cm³/mol. The number of para-hydroxylation sites is 2. The summed E-state index contributed by atoms with van der Waals surface area (Å²) in [6.07, 6.45) is 0. The summed E-state index contributed by atoms with van der Waals surface area (Å²) in [4.78, 5) is 0. The second-order valence-corrected chi connectivity index (χ2v) is 3.42. The first-order valence-electron chi connectivity index (χ1n) is 4.94. The van der Waals surface area contributed by atoms with Crippen LogP contribution in [-0.2, 0) is 6.61 Å². The zero-order valence-corrected chi connectivity index (χ0v) is 8.63. The van der Waals surface area contributed by atoms with Crippen LogP contribution in [0.3, 0.4) is 0 Å². The molecule has 0 aromatic heterocycles. The minimum absolute atomic E-state index is 0.126. The van der Waals surface area contributed by atoms with Gasteiger partial charge in [-0.1, -0.05) is 24.3 Å². The lowest BCUT2D eigenvalue weighted by Crippen LogP contribution is -1.94. The molecule has 0 bridgehead atoms. The Morgan fingerprint density at radius 3 is 2.25 bits per heavy atom. The van der Waals surface area contributed by atoms with Gasteiger partial charge in [-0.3, -0.25) is 0 Å². The maximum atomic E-state index is 9.47. The molecule has 0 atom stereocenters. The minimum Gasteiger partial charge on any atom is -0.508 e. The van der Waals surface area contributed by atoms with Crippen molar-refractivity contribution in [1.29, 1.82) is 0 Å². The van der Waals surface area contributed by atoms with Gasteiger partial charge in [-0.2, -0.15) is 0 Å². The van der Waals surface area contributed by atoms with Crippen LogP contribution in [0.2, 0.25) is 0 Å². The summed E-state index contributed by atoms with van der Waals surface area (Å²) in [5, 5.41) is 18.6. The number of hydrogen-bond donors (Lipinski definition) is 2. The molecule has 0 amide bonds. The molecule has 0 radical (unpaired) electrons. The molecule has 0 aliphatic carbocycles. The number of phenolic OH excluding ortho intramolecular Hbond substituents is 2. The third-order valence-corrected chi connectivity index (χ3v) is 2.20. The van der Waals surface area contributed by atoms with Crippen molar-refractivity contribution in [3.63, 3.8) is 0 Å². The SMILES string of the molecule is Oc1ccc(COc2ccccc2O)cc1. The van der Waals surface area contributed by atoms with E-state index in [9.17, 15) is 5.11 Å². The van der Waals surface area contributed by atoms with Gasteiger partial charge in [0, 0.05) is 0 Å². The van der Waals surface area contributed by atoms with Crippen molar-refractivity contribution >= 4 is 0 Å². The Morgan fingerprint density at radius 2 is 1.56 bits per heavy atom. The maximum absolute atomic E-state index is 9.47. The molecule has 0 fully saturated rings. The Balaban J connectivity index is 2.02. The molecule has 0 aliphatic heterocycles. The normalized spacial score (nSPS) is 10.0. The molecule has 2 aromatic carbocycles. The molecule has 0 spiro atoms. The second kappa shape index (κ2) is 4.57. The first kappa shape index (κ1) is 10.4. The number of benzene rings is 2. The van der Waals surface area contributed by atoms with Crippen molar-refractivity contribution in [3.05, 3.63) is 54.1 Å². The lowest BCUT2D eigenvalue weighted by molar-refractivity contribution is 0.289. The van der Waals surface area contributed by atoms with Crippen molar-refractivity contribution in [2.45, 2.75) is 6.61 Å². The van der Waals surface area contributed by atoms with Crippen molar-refractivity contribution in [3.8, 4) is 17.2 Å². The molecule has 0 saturated heterocycles. The molecule has 0 saturated carbocycles. The maximum Gasteiger partial charge on any atom is 0.161 e. The van der Waals surface area contributed by atoms with Crippen molar-refractivity contribution in [2.75, 3.05) is 0 Å². The van der Waals surface area contributed by atoms with Crippen LogP contribution in [0.5, 0.6) is 17.2 Å². The monoisotopic (exact) mass is 216 g/mol. The lowest BCUT2D eigenvalue weighted by atomic mass is 10.2. The van der Waals surface area contributed by atoms with E-state index in [1.54, 1.807) is 48.5 Å². The summed E-state index contributed by atoms with van der Waals surface area (Å²) in [6.45, 7) is 0.359. The molecule has 2 rings (SSSR count). The zero-order valence-electron chi connectivity index (χ0n) is 8.63. The Morgan fingerprint density at radius 1 is 0.875 bits per heavy atom. The topological polar surface area (TPSA) is 49.7 Å². The average Bonchev–Trinajstić information content (AvgIpc) is 2.30. The van der Waals surface area contributed by atoms with E-state index >= 15 is 0 Å². The van der Waals surface area contributed by atoms with Gasteiger partial charge in [0.1, 0.15) is 12.4 Å². The molecular formula is C13H12O3. The van der Waals surface area contributed by atoms with Crippen LogP contribution >= 0.6 is 0 Å². The molecular weight excluding hydrogens is 204 g/mol. The van der Waals surface area contributed by atoms with Gasteiger partial charge < -0.3 is 14.9 Å². The van der Waals surface area contributed by atoms with Crippen LogP contribution < -0.4 is 4.74 Å². The van der Waals surface area contributed by atoms with Gasteiger partial charge in [0.15, 0.2) is 11.5 Å². The number of phenols is 2. The minimum atomic E-state index is 0.126. The van der Waals surface area contributed by atoms with E-state index in [2.05, 4.69) is 0 Å². The van der Waals surface area contributed by atoms with Gasteiger partial charge in [-0.05, 0) is 29.8 Å². The summed E-state index contributed by atoms with van der Waals surface area (Å²) in [5.74, 6) is 0.808. The van der Waals surface area contributed by atoms with Gasteiger partial charge in [0.05, 0.1) is 0 Å². The Bertz CT molecular complexity index is 463. The predicted octanol–water partition coefficient (Wildman–Crippen LogP) is 2.68. The fourth-order valence-electron chi connectivity index (χ4n) is 1.33. The Hall–Kier alpha value is -2.16. The highest BCUT2D eigenvalue weighted by atomic mass is 16.5. The number of ether oxygens (including phenoxy) is 1. The van der Waals surface area contributed by atoms with E-state index in [1.807, 2.05) is 0 Å². The van der Waals surface area contributed by atoms with E-state index in [0.29, 0.717) is 12.4 Å². The van der Waals surface area contributed by atoms with E-state index in [1.165, 1.54) is 0 Å². The quantitative estimate of drug-likeness (QED) is 0.829. The van der Waals surface area contributed by atoms with Gasteiger partial charge in [0.25, 0.3) is 0 Å². The van der Waals surface area contributed by atoms with Crippen LogP contribution in [0.15, 0.2) is 48.5 Å². The standard InChI is InChI=1S/C13H12O3/c14-11-7-5-10(6-8-11)9-16-13-4-2-1-3-12(13)15/h1-8,14-15H,9H2. The smallest absolute Gasteiger partial charge is 0.161 e. The highest BCUT2D eigenvalue weighted by molar-refractivity contribution is 5.38. The van der Waals surface area contributed by atoms with Crippen LogP contribution in [0, 0.1) is 0 Å². The van der Waals surface area contributed by atoms with Gasteiger partial charge >= 0.3 is 0 Å². The molecule has 3 nitrogen and oxygen atoms in total. The first-order chi connectivity index (χ1) is 7.75. The largest absolute Gasteiger partial charge is 0.508 e. The number of rotatable bonds is 3. The van der Waals surface area contributed by atoms with Crippen molar-refractivity contribution < 1.29 is 14.9 Å². The third kappa shape index (κ3) is 2.45. The third-order valence-electron chi connectivity index (χ3n) is 2.20. The van der Waals surface area contributed by atoms with E-state index < -0.39 is 0 Å². The molecule has 82 valence electrons. The molecule has 0 aliphatic rings. The van der Waals surface area contributed by atoms with Crippen LogP contribution in [0.25, 0.3) is 0 Å². The summed E-state index contributed by atoms with van der Waals surface area (Å²) >= 11 is 0. The molecule has 0 heterocycles. The number of aromatic hydroxyl groups is 2. The lowest BCUT2D eigenvalue weighted by Gasteiger charge is -2.07. The highest BCUT2D eigenvalue weighted by Crippen LogP contribution is 2.25. The fourth-order valence-corrected chi connectivity index (χ4v) is 1.33. The first-order valence-corrected chi connectivity index (χ1v) is 4.94. The number of hydrogen-bond acceptors (Lipinski definition) is 3. The van der Waals surface area contributed by atoms with Gasteiger partial charge in [-0.25, -0.2) is 0 Å². The van der Waals surface area contributed by atoms with E-state index in [-0.39, 0.29) is 11.5 Å². The Kier molecular flexibility index (Phi) is 2.96. The van der Waals surface area contributed by atoms with Gasteiger partial charge in [0.2, 0.25) is 0 Å². The summed E-state index contributed by atoms with van der Waals surface area (Å²) in [5.41, 5.74) is 0.932. The van der Waals surface area contributed by atoms with Crippen molar-refractivity contribution in [2.24, 2.45) is 0 Å². The zero-order chi connectivity index (χ0) is 11.4. The van der Waals surface area contributed by atoms with Gasteiger partial charge in [-0.15, -0.1) is 0 Å². The Labute approximate surface area is 93.6 Å². The molecule has 2 aromatic rings. The van der Waals surface area contributed by atoms with Crippen LogP contribution in [-0.4, -0.2) is 10.2 Å². The average molecular weight is 216 g/mol. The van der Waals surface area contributed by atoms with E-state index in [4.69, 9.17) is 9.84 Å². The highest BCUT2D eigenvalue weighted by Gasteiger charge is 2.00. The molecule has 3 heteroatoms. The van der Waals surface area contributed by atoms with E-state index in [0.717, 1.165) is 5.56 Å². The molecule has 2 N–H and O–H groups in total. The van der Waals surface area contributed by atoms with Crippen LogP contribution in [0.4, 0.5) is 0 Å². The van der Waals surface area contributed by atoms with Crippen molar-refractivity contribution in [1.82, 2.24) is 0 Å². The molecule has 0 unspecified atom stereocenters.